The van der Waals surface area contributed by atoms with Crippen LogP contribution in [-0.2, 0) is 0 Å². The second-order valence-corrected chi connectivity index (χ2v) is 5.44. The molecule has 0 radical (unpaired) electrons. The van der Waals surface area contributed by atoms with Crippen molar-refractivity contribution in [2.45, 2.75) is 6.04 Å². The molecule has 1 atom stereocenters. The van der Waals surface area contributed by atoms with E-state index in [1.807, 2.05) is 6.20 Å². The van der Waals surface area contributed by atoms with E-state index in [4.69, 9.17) is 5.73 Å². The standard InChI is InChI=1S/C12H19BrN4/c1-16-2-4-17(5-3-16)12(7-14)10-6-11(13)9-15-8-10/h6,8-9,12H,2-5,7,14H2,1H3. The Kier molecular flexibility index (Phi) is 4.50. The van der Waals surface area contributed by atoms with E-state index in [1.54, 1.807) is 6.20 Å². The molecular weight excluding hydrogens is 280 g/mol. The van der Waals surface area contributed by atoms with Crippen LogP contribution < -0.4 is 5.73 Å². The highest BCUT2D eigenvalue weighted by Crippen LogP contribution is 2.22. The van der Waals surface area contributed by atoms with Crippen LogP contribution in [0.3, 0.4) is 0 Å². The lowest BCUT2D eigenvalue weighted by atomic mass is 10.1. The minimum absolute atomic E-state index is 0.286. The van der Waals surface area contributed by atoms with E-state index in [0.29, 0.717) is 6.54 Å². The van der Waals surface area contributed by atoms with Gasteiger partial charge in [0.1, 0.15) is 0 Å². The maximum absolute atomic E-state index is 5.92. The largest absolute Gasteiger partial charge is 0.329 e. The van der Waals surface area contributed by atoms with Crippen LogP contribution in [0.4, 0.5) is 0 Å². The van der Waals surface area contributed by atoms with Crippen molar-refractivity contribution in [3.63, 3.8) is 0 Å². The number of pyridine rings is 1. The van der Waals surface area contributed by atoms with Crippen LogP contribution in [0.25, 0.3) is 0 Å². The second-order valence-electron chi connectivity index (χ2n) is 4.53. The number of aromatic nitrogens is 1. The van der Waals surface area contributed by atoms with Crippen LogP contribution >= 0.6 is 15.9 Å². The van der Waals surface area contributed by atoms with Gasteiger partial charge in [-0.1, -0.05) is 0 Å². The highest BCUT2D eigenvalue weighted by Gasteiger charge is 2.22. The molecule has 94 valence electrons. The zero-order valence-corrected chi connectivity index (χ0v) is 11.7. The van der Waals surface area contributed by atoms with Crippen molar-refractivity contribution in [2.75, 3.05) is 39.8 Å². The number of likely N-dealkylation sites (N-methyl/N-ethyl adjacent to an activating group) is 1. The van der Waals surface area contributed by atoms with Crippen molar-refractivity contribution in [3.8, 4) is 0 Å². The maximum atomic E-state index is 5.92. The lowest BCUT2D eigenvalue weighted by Crippen LogP contribution is -2.47. The van der Waals surface area contributed by atoms with Crippen molar-refractivity contribution in [1.29, 1.82) is 0 Å². The molecule has 0 saturated carbocycles. The van der Waals surface area contributed by atoms with E-state index in [1.165, 1.54) is 5.56 Å². The Hall–Kier alpha value is -0.490. The van der Waals surface area contributed by atoms with E-state index in [2.05, 4.69) is 43.8 Å². The summed E-state index contributed by atoms with van der Waals surface area (Å²) in [6.07, 6.45) is 3.72. The van der Waals surface area contributed by atoms with Crippen LogP contribution in [0.2, 0.25) is 0 Å². The van der Waals surface area contributed by atoms with Gasteiger partial charge in [-0.3, -0.25) is 9.88 Å². The van der Waals surface area contributed by atoms with Crippen LogP contribution in [-0.4, -0.2) is 54.6 Å². The first-order valence-electron chi connectivity index (χ1n) is 5.94. The highest BCUT2D eigenvalue weighted by atomic mass is 79.9. The molecule has 0 bridgehead atoms. The normalized spacial score (nSPS) is 20.4. The van der Waals surface area contributed by atoms with Crippen molar-refractivity contribution >= 4 is 15.9 Å². The number of rotatable bonds is 3. The number of hydrogen-bond donors (Lipinski definition) is 1. The first-order chi connectivity index (χ1) is 8.20. The van der Waals surface area contributed by atoms with Gasteiger partial charge in [0.15, 0.2) is 0 Å². The minimum Gasteiger partial charge on any atom is -0.329 e. The summed E-state index contributed by atoms with van der Waals surface area (Å²) < 4.78 is 1.02. The molecule has 1 fully saturated rings. The van der Waals surface area contributed by atoms with Gasteiger partial charge in [-0.05, 0) is 34.6 Å². The van der Waals surface area contributed by atoms with Gasteiger partial charge >= 0.3 is 0 Å². The summed E-state index contributed by atoms with van der Waals surface area (Å²) in [4.78, 5) is 9.02. The van der Waals surface area contributed by atoms with Gasteiger partial charge in [0.2, 0.25) is 0 Å². The van der Waals surface area contributed by atoms with Gasteiger partial charge in [0.25, 0.3) is 0 Å². The molecule has 0 spiro atoms. The predicted molar refractivity (Wildman–Crippen MR) is 72.8 cm³/mol. The van der Waals surface area contributed by atoms with Gasteiger partial charge in [-0.2, -0.15) is 0 Å². The Morgan fingerprint density at radius 1 is 1.35 bits per heavy atom. The van der Waals surface area contributed by atoms with Gasteiger partial charge in [-0.25, -0.2) is 0 Å². The quantitative estimate of drug-likeness (QED) is 0.907. The molecule has 2 N–H and O–H groups in total. The molecular formula is C12H19BrN4. The van der Waals surface area contributed by atoms with Crippen LogP contribution in [0.5, 0.6) is 0 Å². The van der Waals surface area contributed by atoms with E-state index >= 15 is 0 Å². The van der Waals surface area contributed by atoms with Crippen LogP contribution in [0.1, 0.15) is 11.6 Å². The summed E-state index contributed by atoms with van der Waals surface area (Å²) in [6, 6.07) is 2.40. The Morgan fingerprint density at radius 3 is 2.65 bits per heavy atom. The average Bonchev–Trinajstić information content (AvgIpc) is 2.33. The topological polar surface area (TPSA) is 45.4 Å². The van der Waals surface area contributed by atoms with Crippen molar-refractivity contribution in [2.24, 2.45) is 5.73 Å². The van der Waals surface area contributed by atoms with Crippen molar-refractivity contribution in [1.82, 2.24) is 14.8 Å². The minimum atomic E-state index is 0.286. The van der Waals surface area contributed by atoms with Gasteiger partial charge < -0.3 is 10.6 Å². The summed E-state index contributed by atoms with van der Waals surface area (Å²) in [6.45, 7) is 5.01. The SMILES string of the molecule is CN1CCN(C(CN)c2cncc(Br)c2)CC1. The van der Waals surface area contributed by atoms with Crippen LogP contribution in [0, 0.1) is 0 Å². The molecule has 0 aliphatic carbocycles. The Balaban J connectivity index is 2.10. The summed E-state index contributed by atoms with van der Waals surface area (Å²) in [7, 11) is 2.16. The summed E-state index contributed by atoms with van der Waals surface area (Å²) >= 11 is 3.46. The van der Waals surface area contributed by atoms with Crippen LogP contribution in [0.15, 0.2) is 22.9 Å². The average molecular weight is 299 g/mol. The fraction of sp³-hybridized carbons (Fsp3) is 0.583. The fourth-order valence-electron chi connectivity index (χ4n) is 2.24. The molecule has 1 aliphatic heterocycles. The molecule has 1 unspecified atom stereocenters. The fourth-order valence-corrected chi connectivity index (χ4v) is 2.62. The second kappa shape index (κ2) is 5.91. The van der Waals surface area contributed by atoms with Crippen molar-refractivity contribution < 1.29 is 0 Å². The van der Waals surface area contributed by atoms with Gasteiger partial charge in [0.05, 0.1) is 0 Å². The molecule has 1 aromatic heterocycles. The molecule has 2 heterocycles. The Bertz CT molecular complexity index is 363. The summed E-state index contributed by atoms with van der Waals surface area (Å²) in [5.41, 5.74) is 7.12. The summed E-state index contributed by atoms with van der Waals surface area (Å²) in [5, 5.41) is 0. The van der Waals surface area contributed by atoms with E-state index < -0.39 is 0 Å². The Morgan fingerprint density at radius 2 is 2.06 bits per heavy atom. The van der Waals surface area contributed by atoms with Crippen molar-refractivity contribution in [3.05, 3.63) is 28.5 Å². The molecule has 1 aliphatic rings. The zero-order valence-electron chi connectivity index (χ0n) is 10.1. The number of piperazine rings is 1. The van der Waals surface area contributed by atoms with E-state index in [-0.39, 0.29) is 6.04 Å². The maximum Gasteiger partial charge on any atom is 0.0487 e. The van der Waals surface area contributed by atoms with E-state index in [0.717, 1.165) is 30.7 Å². The number of hydrogen-bond acceptors (Lipinski definition) is 4. The number of halogens is 1. The highest BCUT2D eigenvalue weighted by molar-refractivity contribution is 9.10. The molecule has 0 amide bonds. The lowest BCUT2D eigenvalue weighted by Gasteiger charge is -2.37. The lowest BCUT2D eigenvalue weighted by molar-refractivity contribution is 0.114. The van der Waals surface area contributed by atoms with Gasteiger partial charge in [-0.15, -0.1) is 0 Å². The zero-order chi connectivity index (χ0) is 12.3. The smallest absolute Gasteiger partial charge is 0.0487 e. The number of nitrogens with zero attached hydrogens (tertiary/aromatic N) is 3. The molecule has 17 heavy (non-hydrogen) atoms. The first kappa shape index (κ1) is 13.0. The third kappa shape index (κ3) is 3.25. The molecule has 0 aromatic carbocycles. The molecule has 1 saturated heterocycles. The third-order valence-corrected chi connectivity index (χ3v) is 3.75. The molecule has 5 heteroatoms. The number of nitrogens with two attached hydrogens (primary N) is 1. The molecule has 4 nitrogen and oxygen atoms in total. The van der Waals surface area contributed by atoms with E-state index in [9.17, 15) is 0 Å². The molecule has 1 aromatic rings. The molecule has 2 rings (SSSR count). The van der Waals surface area contributed by atoms with Gasteiger partial charge in [0, 0.05) is 55.6 Å². The first-order valence-corrected chi connectivity index (χ1v) is 6.73. The summed E-state index contributed by atoms with van der Waals surface area (Å²) in [5.74, 6) is 0. The third-order valence-electron chi connectivity index (χ3n) is 3.31. The predicted octanol–water partition coefficient (Wildman–Crippen LogP) is 1.09. The monoisotopic (exact) mass is 298 g/mol. The Labute approximate surface area is 111 Å².